The maximum absolute atomic E-state index is 9.12. The van der Waals surface area contributed by atoms with E-state index in [9.17, 15) is 0 Å². The van der Waals surface area contributed by atoms with Gasteiger partial charge in [0.1, 0.15) is 0 Å². The first kappa shape index (κ1) is 30.4. The van der Waals surface area contributed by atoms with E-state index >= 15 is 0 Å². The summed E-state index contributed by atoms with van der Waals surface area (Å²) < 4.78 is 0. The van der Waals surface area contributed by atoms with Gasteiger partial charge in [0.2, 0.25) is 0 Å². The number of hydrogen-bond acceptors (Lipinski definition) is 4. The molecule has 0 amide bonds. The highest BCUT2D eigenvalue weighted by molar-refractivity contribution is 5.79. The molecular weight excluding hydrogens is 609 g/mol. The van der Waals surface area contributed by atoms with E-state index in [4.69, 9.17) is 20.2 Å². The highest BCUT2D eigenvalue weighted by Gasteiger charge is 2.13. The van der Waals surface area contributed by atoms with Crippen molar-refractivity contribution in [3.05, 3.63) is 188 Å². The molecule has 0 aliphatic heterocycles. The van der Waals surface area contributed by atoms with Gasteiger partial charge >= 0.3 is 0 Å². The Kier molecular flexibility index (Phi) is 8.29. The van der Waals surface area contributed by atoms with Gasteiger partial charge in [-0.3, -0.25) is 0 Å². The fourth-order valence-corrected chi connectivity index (χ4v) is 6.12. The standard InChI is InChI=1S/C46H30N4/c47-31-32-20-22-33(23-21-32)34-24-26-35(27-25-34)38-14-7-15-39(28-38)40-16-8-17-41(29-40)42-18-9-19-43(30-42)46-49-44(36-10-3-1-4-11-36)48-45(50-46)37-12-5-2-6-13-37/h1-30H. The lowest BCUT2D eigenvalue weighted by atomic mass is 9.95. The van der Waals surface area contributed by atoms with Gasteiger partial charge in [0.05, 0.1) is 11.6 Å². The number of nitriles is 1. The van der Waals surface area contributed by atoms with Crippen LogP contribution < -0.4 is 0 Å². The minimum atomic E-state index is 0.633. The second-order valence-electron chi connectivity index (χ2n) is 12.0. The molecule has 50 heavy (non-hydrogen) atoms. The second-order valence-corrected chi connectivity index (χ2v) is 12.0. The van der Waals surface area contributed by atoms with Crippen molar-refractivity contribution in [1.82, 2.24) is 15.0 Å². The van der Waals surface area contributed by atoms with Crippen LogP contribution in [0.5, 0.6) is 0 Å². The van der Waals surface area contributed by atoms with E-state index < -0.39 is 0 Å². The molecular formula is C46H30N4. The van der Waals surface area contributed by atoms with Gasteiger partial charge in [-0.15, -0.1) is 0 Å². The van der Waals surface area contributed by atoms with Gasteiger partial charge in [-0.1, -0.05) is 152 Å². The summed E-state index contributed by atoms with van der Waals surface area (Å²) in [5.41, 5.74) is 12.5. The number of aromatic nitrogens is 3. The average molecular weight is 639 g/mol. The second kappa shape index (κ2) is 13.6. The smallest absolute Gasteiger partial charge is 0.164 e. The lowest BCUT2D eigenvalue weighted by Crippen LogP contribution is -2.00. The normalized spacial score (nSPS) is 10.8. The third-order valence-corrected chi connectivity index (χ3v) is 8.78. The van der Waals surface area contributed by atoms with Crippen molar-refractivity contribution in [3.63, 3.8) is 0 Å². The summed E-state index contributed by atoms with van der Waals surface area (Å²) in [7, 11) is 0. The number of hydrogen-bond donors (Lipinski definition) is 0. The molecule has 8 aromatic rings. The minimum absolute atomic E-state index is 0.633. The molecule has 0 N–H and O–H groups in total. The van der Waals surface area contributed by atoms with Crippen LogP contribution in [-0.2, 0) is 0 Å². The van der Waals surface area contributed by atoms with E-state index in [1.165, 1.54) is 0 Å². The predicted molar refractivity (Wildman–Crippen MR) is 203 cm³/mol. The Hall–Kier alpha value is -6.96. The summed E-state index contributed by atoms with van der Waals surface area (Å²) in [6.45, 7) is 0. The average Bonchev–Trinajstić information content (AvgIpc) is 3.21. The molecule has 1 heterocycles. The van der Waals surface area contributed by atoms with Crippen molar-refractivity contribution in [2.45, 2.75) is 0 Å². The number of nitrogens with zero attached hydrogens (tertiary/aromatic N) is 4. The van der Waals surface area contributed by atoms with E-state index in [-0.39, 0.29) is 0 Å². The molecule has 0 saturated heterocycles. The van der Waals surface area contributed by atoms with E-state index in [1.807, 2.05) is 84.9 Å². The minimum Gasteiger partial charge on any atom is -0.208 e. The summed E-state index contributed by atoms with van der Waals surface area (Å²) in [6.07, 6.45) is 0. The summed E-state index contributed by atoms with van der Waals surface area (Å²) in [4.78, 5) is 14.7. The first-order chi connectivity index (χ1) is 24.7. The van der Waals surface area contributed by atoms with E-state index in [1.54, 1.807) is 0 Å². The zero-order valence-electron chi connectivity index (χ0n) is 27.1. The topological polar surface area (TPSA) is 62.5 Å². The summed E-state index contributed by atoms with van der Waals surface area (Å²) in [5, 5.41) is 9.12. The van der Waals surface area contributed by atoms with E-state index in [2.05, 4.69) is 103 Å². The molecule has 4 nitrogen and oxygen atoms in total. The molecule has 0 unspecified atom stereocenters. The Bertz CT molecular complexity index is 2410. The Labute approximate surface area is 291 Å². The van der Waals surface area contributed by atoms with Gasteiger partial charge < -0.3 is 0 Å². The first-order valence-electron chi connectivity index (χ1n) is 16.5. The van der Waals surface area contributed by atoms with E-state index in [0.29, 0.717) is 23.0 Å². The molecule has 8 rings (SSSR count). The van der Waals surface area contributed by atoms with Crippen LogP contribution in [-0.4, -0.2) is 15.0 Å². The molecule has 7 aromatic carbocycles. The fraction of sp³-hybridized carbons (Fsp3) is 0. The zero-order chi connectivity index (χ0) is 33.7. The zero-order valence-corrected chi connectivity index (χ0v) is 27.1. The Morgan fingerprint density at radius 1 is 0.280 bits per heavy atom. The van der Waals surface area contributed by atoms with Gasteiger partial charge in [0.25, 0.3) is 0 Å². The Morgan fingerprint density at radius 3 is 1.00 bits per heavy atom. The van der Waals surface area contributed by atoms with Gasteiger partial charge in [-0.25, -0.2) is 15.0 Å². The monoisotopic (exact) mass is 638 g/mol. The van der Waals surface area contributed by atoms with Crippen molar-refractivity contribution in [2.24, 2.45) is 0 Å². The van der Waals surface area contributed by atoms with Gasteiger partial charge in [0, 0.05) is 16.7 Å². The number of benzene rings is 7. The van der Waals surface area contributed by atoms with Crippen LogP contribution >= 0.6 is 0 Å². The van der Waals surface area contributed by atoms with Crippen LogP contribution in [0.4, 0.5) is 0 Å². The van der Waals surface area contributed by atoms with Crippen LogP contribution in [0.2, 0.25) is 0 Å². The molecule has 0 spiro atoms. The van der Waals surface area contributed by atoms with Crippen LogP contribution in [0, 0.1) is 11.3 Å². The molecule has 234 valence electrons. The predicted octanol–water partition coefficient (Wildman–Crippen LogP) is 11.4. The molecule has 0 aliphatic carbocycles. The van der Waals surface area contributed by atoms with Crippen molar-refractivity contribution in [3.8, 4) is 84.7 Å². The van der Waals surface area contributed by atoms with Gasteiger partial charge in [0.15, 0.2) is 17.5 Å². The molecule has 0 radical (unpaired) electrons. The number of rotatable bonds is 7. The van der Waals surface area contributed by atoms with Crippen molar-refractivity contribution in [2.75, 3.05) is 0 Å². The SMILES string of the molecule is N#Cc1ccc(-c2ccc(-c3cccc(-c4cccc(-c5cccc(-c6nc(-c7ccccc7)nc(-c7ccccc7)n6)c5)c4)c3)cc2)cc1. The molecule has 0 bridgehead atoms. The van der Waals surface area contributed by atoms with Gasteiger partial charge in [-0.2, -0.15) is 5.26 Å². The summed E-state index contributed by atoms with van der Waals surface area (Å²) in [6, 6.07) is 64.3. The fourth-order valence-electron chi connectivity index (χ4n) is 6.12. The van der Waals surface area contributed by atoms with Gasteiger partial charge in [-0.05, 0) is 74.8 Å². The molecule has 1 aromatic heterocycles. The van der Waals surface area contributed by atoms with E-state index in [0.717, 1.165) is 61.2 Å². The van der Waals surface area contributed by atoms with Crippen molar-refractivity contribution >= 4 is 0 Å². The summed E-state index contributed by atoms with van der Waals surface area (Å²) >= 11 is 0. The molecule has 0 fully saturated rings. The Balaban J connectivity index is 1.10. The molecule has 0 saturated carbocycles. The lowest BCUT2D eigenvalue weighted by molar-refractivity contribution is 1.07. The maximum atomic E-state index is 9.12. The van der Waals surface area contributed by atoms with Crippen LogP contribution in [0.25, 0.3) is 78.7 Å². The lowest BCUT2D eigenvalue weighted by Gasteiger charge is -2.11. The maximum Gasteiger partial charge on any atom is 0.164 e. The van der Waals surface area contributed by atoms with Crippen LogP contribution in [0.1, 0.15) is 5.56 Å². The van der Waals surface area contributed by atoms with Crippen molar-refractivity contribution in [1.29, 1.82) is 5.26 Å². The molecule has 0 atom stereocenters. The highest BCUT2D eigenvalue weighted by Crippen LogP contribution is 2.33. The molecule has 4 heteroatoms. The largest absolute Gasteiger partial charge is 0.208 e. The third kappa shape index (κ3) is 6.44. The summed E-state index contributed by atoms with van der Waals surface area (Å²) in [5.74, 6) is 1.92. The molecule has 0 aliphatic rings. The van der Waals surface area contributed by atoms with Crippen LogP contribution in [0.3, 0.4) is 0 Å². The first-order valence-corrected chi connectivity index (χ1v) is 16.5. The highest BCUT2D eigenvalue weighted by atomic mass is 15.0. The Morgan fingerprint density at radius 2 is 0.580 bits per heavy atom. The van der Waals surface area contributed by atoms with Crippen LogP contribution in [0.15, 0.2) is 182 Å². The third-order valence-electron chi connectivity index (χ3n) is 8.78. The van der Waals surface area contributed by atoms with Crippen molar-refractivity contribution < 1.29 is 0 Å². The quantitative estimate of drug-likeness (QED) is 0.174.